The van der Waals surface area contributed by atoms with E-state index in [1.807, 2.05) is 0 Å². The van der Waals surface area contributed by atoms with E-state index in [-0.39, 0.29) is 24.8 Å². The van der Waals surface area contributed by atoms with Gasteiger partial charge in [0, 0.05) is 37.3 Å². The molecule has 2 aromatic rings. The first kappa shape index (κ1) is 18.4. The highest BCUT2D eigenvalue weighted by Crippen LogP contribution is 2.29. The number of methoxy groups -OCH3 is 1. The number of ether oxygens (including phenoxy) is 2. The van der Waals surface area contributed by atoms with Gasteiger partial charge in [-0.05, 0) is 36.4 Å². The maximum absolute atomic E-state index is 12.4. The largest absolute Gasteiger partial charge is 0.497 e. The number of benzene rings is 2. The molecule has 0 aromatic heterocycles. The molecular weight excluding hydrogens is 348 g/mol. The molecule has 140 valence electrons. The van der Waals surface area contributed by atoms with Crippen LogP contribution in [0.25, 0.3) is 0 Å². The lowest BCUT2D eigenvalue weighted by Crippen LogP contribution is -2.27. The van der Waals surface area contributed by atoms with Gasteiger partial charge in [-0.3, -0.25) is 14.4 Å². The summed E-state index contributed by atoms with van der Waals surface area (Å²) < 4.78 is 10.6. The Morgan fingerprint density at radius 1 is 1.11 bits per heavy atom. The Hall–Kier alpha value is -3.35. The molecule has 2 amide bonds. The molecule has 1 fully saturated rings. The molecule has 1 saturated heterocycles. The molecule has 1 aliphatic heterocycles. The molecule has 1 heterocycles. The quantitative estimate of drug-likeness (QED) is 0.648. The predicted octanol–water partition coefficient (Wildman–Crippen LogP) is 2.61. The molecule has 2 aromatic carbocycles. The molecule has 1 atom stereocenters. The van der Waals surface area contributed by atoms with Crippen LogP contribution in [0.1, 0.15) is 13.3 Å². The highest BCUT2D eigenvalue weighted by molar-refractivity contribution is 5.99. The summed E-state index contributed by atoms with van der Waals surface area (Å²) in [6, 6.07) is 13.6. The van der Waals surface area contributed by atoms with Gasteiger partial charge in [-0.25, -0.2) is 0 Å². The van der Waals surface area contributed by atoms with Crippen molar-refractivity contribution in [3.05, 3.63) is 48.5 Å². The van der Waals surface area contributed by atoms with Crippen LogP contribution < -0.4 is 19.7 Å². The molecule has 0 aliphatic carbocycles. The van der Waals surface area contributed by atoms with Gasteiger partial charge in [-0.15, -0.1) is 0 Å². The zero-order valence-electron chi connectivity index (χ0n) is 15.1. The molecule has 7 nitrogen and oxygen atoms in total. The Kier molecular flexibility index (Phi) is 5.40. The van der Waals surface area contributed by atoms with Crippen molar-refractivity contribution in [1.82, 2.24) is 0 Å². The van der Waals surface area contributed by atoms with Gasteiger partial charge in [0.15, 0.2) is 0 Å². The molecular formula is C20H20N2O5. The average Bonchev–Trinajstić information content (AvgIpc) is 3.05. The third-order valence-electron chi connectivity index (χ3n) is 4.22. The number of nitrogens with zero attached hydrogens (tertiary/aromatic N) is 1. The van der Waals surface area contributed by atoms with Crippen molar-refractivity contribution in [3.63, 3.8) is 0 Å². The average molecular weight is 368 g/mol. The molecule has 1 aliphatic rings. The van der Waals surface area contributed by atoms with Crippen molar-refractivity contribution in [2.75, 3.05) is 23.9 Å². The fraction of sp³-hybridized carbons (Fsp3) is 0.250. The SMILES string of the molecule is COc1cccc(N2CC(C(=O)Oc3ccc(NC(C)=O)cc3)CC2=O)c1. The monoisotopic (exact) mass is 368 g/mol. The van der Waals surface area contributed by atoms with Crippen LogP contribution in [0.3, 0.4) is 0 Å². The van der Waals surface area contributed by atoms with Crippen LogP contribution in [0.5, 0.6) is 11.5 Å². The molecule has 7 heteroatoms. The lowest BCUT2D eigenvalue weighted by Gasteiger charge is -2.17. The van der Waals surface area contributed by atoms with E-state index in [2.05, 4.69) is 5.32 Å². The van der Waals surface area contributed by atoms with Crippen LogP contribution in [0.2, 0.25) is 0 Å². The second kappa shape index (κ2) is 7.90. The maximum Gasteiger partial charge on any atom is 0.316 e. The molecule has 1 N–H and O–H groups in total. The Balaban J connectivity index is 1.64. The highest BCUT2D eigenvalue weighted by atomic mass is 16.5. The summed E-state index contributed by atoms with van der Waals surface area (Å²) in [4.78, 5) is 37.3. The van der Waals surface area contributed by atoms with E-state index in [9.17, 15) is 14.4 Å². The van der Waals surface area contributed by atoms with E-state index in [0.29, 0.717) is 22.9 Å². The molecule has 0 spiro atoms. The lowest BCUT2D eigenvalue weighted by atomic mass is 10.1. The summed E-state index contributed by atoms with van der Waals surface area (Å²) in [5.74, 6) is -0.306. The van der Waals surface area contributed by atoms with Gasteiger partial charge in [0.05, 0.1) is 13.0 Å². The number of anilines is 2. The second-order valence-electron chi connectivity index (χ2n) is 6.23. The summed E-state index contributed by atoms with van der Waals surface area (Å²) >= 11 is 0. The molecule has 0 radical (unpaired) electrons. The van der Waals surface area contributed by atoms with Crippen molar-refractivity contribution >= 4 is 29.2 Å². The van der Waals surface area contributed by atoms with Gasteiger partial charge in [0.25, 0.3) is 0 Å². The minimum Gasteiger partial charge on any atom is -0.497 e. The number of esters is 1. The standard InChI is InChI=1S/C20H20N2O5/c1-13(23)21-15-6-8-17(9-7-15)27-20(25)14-10-19(24)22(12-14)16-4-3-5-18(11-16)26-2/h3-9,11,14H,10,12H2,1-2H3,(H,21,23). The van der Waals surface area contributed by atoms with E-state index < -0.39 is 11.9 Å². The van der Waals surface area contributed by atoms with Crippen molar-refractivity contribution in [2.24, 2.45) is 5.92 Å². The Morgan fingerprint density at radius 3 is 2.52 bits per heavy atom. The van der Waals surface area contributed by atoms with Gasteiger partial charge < -0.3 is 19.7 Å². The first-order valence-corrected chi connectivity index (χ1v) is 8.50. The number of nitrogens with one attached hydrogen (secondary N) is 1. The number of hydrogen-bond acceptors (Lipinski definition) is 5. The number of carbonyl (C=O) groups excluding carboxylic acids is 3. The summed E-state index contributed by atoms with van der Waals surface area (Å²) in [6.45, 7) is 1.67. The van der Waals surface area contributed by atoms with Gasteiger partial charge in [0.2, 0.25) is 11.8 Å². The molecule has 0 bridgehead atoms. The topological polar surface area (TPSA) is 84.9 Å². The zero-order valence-corrected chi connectivity index (χ0v) is 15.1. The fourth-order valence-corrected chi connectivity index (χ4v) is 2.90. The second-order valence-corrected chi connectivity index (χ2v) is 6.23. The van der Waals surface area contributed by atoms with Gasteiger partial charge in [0.1, 0.15) is 11.5 Å². The van der Waals surface area contributed by atoms with E-state index in [4.69, 9.17) is 9.47 Å². The van der Waals surface area contributed by atoms with Crippen molar-refractivity contribution in [2.45, 2.75) is 13.3 Å². The predicted molar refractivity (Wildman–Crippen MR) is 99.8 cm³/mol. The van der Waals surface area contributed by atoms with Crippen molar-refractivity contribution in [3.8, 4) is 11.5 Å². The summed E-state index contributed by atoms with van der Waals surface area (Å²) in [5, 5.41) is 2.64. The van der Waals surface area contributed by atoms with Crippen LogP contribution in [-0.4, -0.2) is 31.4 Å². The summed E-state index contributed by atoms with van der Waals surface area (Å²) in [7, 11) is 1.56. The lowest BCUT2D eigenvalue weighted by molar-refractivity contribution is -0.139. The first-order chi connectivity index (χ1) is 13.0. The van der Waals surface area contributed by atoms with Gasteiger partial charge in [-0.2, -0.15) is 0 Å². The van der Waals surface area contributed by atoms with Crippen LogP contribution in [0.15, 0.2) is 48.5 Å². The summed E-state index contributed by atoms with van der Waals surface area (Å²) in [6.07, 6.45) is 0.0972. The first-order valence-electron chi connectivity index (χ1n) is 8.50. The number of carbonyl (C=O) groups is 3. The molecule has 0 saturated carbocycles. The van der Waals surface area contributed by atoms with Gasteiger partial charge in [-0.1, -0.05) is 6.07 Å². The third-order valence-corrected chi connectivity index (χ3v) is 4.22. The Morgan fingerprint density at radius 2 is 1.85 bits per heavy atom. The van der Waals surface area contributed by atoms with Crippen LogP contribution in [0, 0.1) is 5.92 Å². The zero-order chi connectivity index (χ0) is 19.4. The number of hydrogen-bond donors (Lipinski definition) is 1. The van der Waals surface area contributed by atoms with Crippen LogP contribution in [0.4, 0.5) is 11.4 Å². The van der Waals surface area contributed by atoms with Gasteiger partial charge >= 0.3 is 5.97 Å². The van der Waals surface area contributed by atoms with E-state index in [1.54, 1.807) is 60.5 Å². The van der Waals surface area contributed by atoms with E-state index in [1.165, 1.54) is 6.92 Å². The minimum absolute atomic E-state index is 0.0972. The molecule has 27 heavy (non-hydrogen) atoms. The molecule has 3 rings (SSSR count). The van der Waals surface area contributed by atoms with E-state index in [0.717, 1.165) is 0 Å². The highest BCUT2D eigenvalue weighted by Gasteiger charge is 2.36. The van der Waals surface area contributed by atoms with Crippen LogP contribution >= 0.6 is 0 Å². The Labute approximate surface area is 156 Å². The maximum atomic E-state index is 12.4. The van der Waals surface area contributed by atoms with Crippen molar-refractivity contribution in [1.29, 1.82) is 0 Å². The summed E-state index contributed by atoms with van der Waals surface area (Å²) in [5.41, 5.74) is 1.30. The van der Waals surface area contributed by atoms with E-state index >= 15 is 0 Å². The Bertz CT molecular complexity index is 863. The number of amides is 2. The normalized spacial score (nSPS) is 16.1. The third kappa shape index (κ3) is 4.44. The number of rotatable bonds is 5. The van der Waals surface area contributed by atoms with Crippen LogP contribution in [-0.2, 0) is 14.4 Å². The smallest absolute Gasteiger partial charge is 0.316 e. The van der Waals surface area contributed by atoms with Crippen molar-refractivity contribution < 1.29 is 23.9 Å². The fourth-order valence-electron chi connectivity index (χ4n) is 2.90. The minimum atomic E-state index is -0.543. The molecule has 1 unspecified atom stereocenters.